The zero-order chi connectivity index (χ0) is 11.9. The predicted molar refractivity (Wildman–Crippen MR) is 73.2 cm³/mol. The van der Waals surface area contributed by atoms with Gasteiger partial charge in [-0.2, -0.15) is 0 Å². The summed E-state index contributed by atoms with van der Waals surface area (Å²) in [6, 6.07) is 10.5. The van der Waals surface area contributed by atoms with Crippen molar-refractivity contribution in [3.8, 4) is 0 Å². The van der Waals surface area contributed by atoms with Crippen LogP contribution in [-0.2, 0) is 6.42 Å². The molecule has 0 aliphatic carbocycles. The van der Waals surface area contributed by atoms with Crippen LogP contribution in [-0.4, -0.2) is 18.1 Å². The summed E-state index contributed by atoms with van der Waals surface area (Å²) in [5, 5.41) is 4.66. The van der Waals surface area contributed by atoms with Crippen molar-refractivity contribution in [2.24, 2.45) is 0 Å². The van der Waals surface area contributed by atoms with E-state index in [1.165, 1.54) is 23.8 Å². The number of aromatic nitrogens is 1. The van der Waals surface area contributed by atoms with Gasteiger partial charge in [-0.3, -0.25) is 4.98 Å². The molecular formula is C15H20N2. The Balaban J connectivity index is 1.90. The van der Waals surface area contributed by atoms with E-state index in [4.69, 9.17) is 0 Å². The maximum atomic E-state index is 4.48. The van der Waals surface area contributed by atoms with Crippen LogP contribution in [0, 0.1) is 0 Å². The number of nitrogens with zero attached hydrogens (tertiary/aromatic N) is 1. The highest BCUT2D eigenvalue weighted by atomic mass is 14.8. The van der Waals surface area contributed by atoms with Gasteiger partial charge in [-0.05, 0) is 50.0 Å². The number of aryl methyl sites for hydroxylation is 1. The number of para-hydroxylation sites is 1. The molecule has 0 aliphatic heterocycles. The van der Waals surface area contributed by atoms with Gasteiger partial charge in [0.2, 0.25) is 0 Å². The molecule has 1 N–H and O–H groups in total. The van der Waals surface area contributed by atoms with Crippen LogP contribution in [0.1, 0.15) is 25.3 Å². The first kappa shape index (κ1) is 12.1. The van der Waals surface area contributed by atoms with Crippen LogP contribution in [0.15, 0.2) is 36.5 Å². The molecule has 2 nitrogen and oxygen atoms in total. The number of nitrogens with one attached hydrogen (secondary N) is 1. The third kappa shape index (κ3) is 3.53. The van der Waals surface area contributed by atoms with E-state index in [0.29, 0.717) is 0 Å². The molecule has 1 heterocycles. The number of hydrogen-bond donors (Lipinski definition) is 1. The molecule has 0 saturated carbocycles. The lowest BCUT2D eigenvalue weighted by atomic mass is 10.1. The average molecular weight is 228 g/mol. The Labute approximate surface area is 103 Å². The van der Waals surface area contributed by atoms with Crippen molar-refractivity contribution in [2.75, 3.05) is 13.1 Å². The number of benzene rings is 1. The number of rotatable bonds is 6. The molecule has 17 heavy (non-hydrogen) atoms. The highest BCUT2D eigenvalue weighted by molar-refractivity contribution is 5.78. The van der Waals surface area contributed by atoms with Crippen molar-refractivity contribution >= 4 is 10.9 Å². The third-order valence-corrected chi connectivity index (χ3v) is 2.89. The van der Waals surface area contributed by atoms with E-state index in [0.717, 1.165) is 25.0 Å². The first-order valence-electron chi connectivity index (χ1n) is 6.44. The zero-order valence-electron chi connectivity index (χ0n) is 10.4. The van der Waals surface area contributed by atoms with Crippen LogP contribution in [0.4, 0.5) is 0 Å². The summed E-state index contributed by atoms with van der Waals surface area (Å²) in [6.07, 6.45) is 5.49. The molecule has 0 spiro atoms. The first-order valence-corrected chi connectivity index (χ1v) is 6.44. The Kier molecular flexibility index (Phi) is 4.51. The van der Waals surface area contributed by atoms with E-state index in [9.17, 15) is 0 Å². The highest BCUT2D eigenvalue weighted by Crippen LogP contribution is 2.13. The van der Waals surface area contributed by atoms with Crippen molar-refractivity contribution < 1.29 is 0 Å². The molecular weight excluding hydrogens is 208 g/mol. The van der Waals surface area contributed by atoms with Crippen molar-refractivity contribution in [1.29, 1.82) is 0 Å². The van der Waals surface area contributed by atoms with E-state index in [1.54, 1.807) is 0 Å². The van der Waals surface area contributed by atoms with Gasteiger partial charge in [0, 0.05) is 11.6 Å². The van der Waals surface area contributed by atoms with E-state index in [2.05, 4.69) is 41.5 Å². The Hall–Kier alpha value is -1.41. The summed E-state index contributed by atoms with van der Waals surface area (Å²) in [4.78, 5) is 4.48. The van der Waals surface area contributed by atoms with Gasteiger partial charge in [-0.25, -0.2) is 0 Å². The minimum absolute atomic E-state index is 1.08. The zero-order valence-corrected chi connectivity index (χ0v) is 10.4. The fourth-order valence-electron chi connectivity index (χ4n) is 1.97. The molecule has 90 valence electrons. The number of pyridine rings is 1. The van der Waals surface area contributed by atoms with E-state index in [-0.39, 0.29) is 0 Å². The Morgan fingerprint density at radius 1 is 1.18 bits per heavy atom. The second kappa shape index (κ2) is 6.36. The normalized spacial score (nSPS) is 10.9. The van der Waals surface area contributed by atoms with Gasteiger partial charge in [0.1, 0.15) is 0 Å². The summed E-state index contributed by atoms with van der Waals surface area (Å²) in [7, 11) is 0. The highest BCUT2D eigenvalue weighted by Gasteiger charge is 1.97. The van der Waals surface area contributed by atoms with Gasteiger partial charge in [0.15, 0.2) is 0 Å². The molecule has 2 heteroatoms. The molecule has 1 aromatic heterocycles. The molecule has 0 fully saturated rings. The van der Waals surface area contributed by atoms with Gasteiger partial charge in [0.05, 0.1) is 5.52 Å². The van der Waals surface area contributed by atoms with Crippen LogP contribution in [0.5, 0.6) is 0 Å². The van der Waals surface area contributed by atoms with Gasteiger partial charge >= 0.3 is 0 Å². The van der Waals surface area contributed by atoms with Crippen LogP contribution in [0.2, 0.25) is 0 Å². The lowest BCUT2D eigenvalue weighted by molar-refractivity contribution is 0.639. The summed E-state index contributed by atoms with van der Waals surface area (Å²) in [5.74, 6) is 0. The molecule has 2 rings (SSSR count). The fourth-order valence-corrected chi connectivity index (χ4v) is 1.97. The molecule has 0 saturated heterocycles. The fraction of sp³-hybridized carbons (Fsp3) is 0.400. The van der Waals surface area contributed by atoms with Gasteiger partial charge in [-0.1, -0.05) is 25.1 Å². The second-order valence-corrected chi connectivity index (χ2v) is 4.39. The molecule has 0 aliphatic rings. The standard InChI is InChI=1S/C15H20N2/c1-2-9-16-10-5-6-13-11-14-7-3-4-8-15(14)17-12-13/h3-4,7-8,11-12,16H,2,5-6,9-10H2,1H3. The van der Waals surface area contributed by atoms with Crippen molar-refractivity contribution in [3.05, 3.63) is 42.1 Å². The molecule has 0 bridgehead atoms. The van der Waals surface area contributed by atoms with Crippen LogP contribution in [0.25, 0.3) is 10.9 Å². The molecule has 1 aromatic carbocycles. The number of fused-ring (bicyclic) bond motifs is 1. The summed E-state index contributed by atoms with van der Waals surface area (Å²) in [6.45, 7) is 4.41. The molecule has 0 unspecified atom stereocenters. The van der Waals surface area contributed by atoms with Gasteiger partial charge in [-0.15, -0.1) is 0 Å². The Morgan fingerprint density at radius 2 is 2.06 bits per heavy atom. The predicted octanol–water partition coefficient (Wildman–Crippen LogP) is 3.17. The van der Waals surface area contributed by atoms with Crippen molar-refractivity contribution in [3.63, 3.8) is 0 Å². The molecule has 0 atom stereocenters. The SMILES string of the molecule is CCCNCCCc1cnc2ccccc2c1. The summed E-state index contributed by atoms with van der Waals surface area (Å²) >= 11 is 0. The maximum absolute atomic E-state index is 4.48. The first-order chi connectivity index (χ1) is 8.40. The maximum Gasteiger partial charge on any atom is 0.0702 e. The minimum atomic E-state index is 1.08. The molecule has 0 radical (unpaired) electrons. The smallest absolute Gasteiger partial charge is 0.0702 e. The summed E-state index contributed by atoms with van der Waals surface area (Å²) < 4.78 is 0. The van der Waals surface area contributed by atoms with Gasteiger partial charge < -0.3 is 5.32 Å². The Morgan fingerprint density at radius 3 is 2.94 bits per heavy atom. The van der Waals surface area contributed by atoms with E-state index in [1.807, 2.05) is 12.3 Å². The monoisotopic (exact) mass is 228 g/mol. The van der Waals surface area contributed by atoms with Crippen LogP contribution >= 0.6 is 0 Å². The van der Waals surface area contributed by atoms with E-state index < -0.39 is 0 Å². The third-order valence-electron chi connectivity index (χ3n) is 2.89. The van der Waals surface area contributed by atoms with Crippen molar-refractivity contribution in [2.45, 2.75) is 26.2 Å². The largest absolute Gasteiger partial charge is 0.317 e. The molecule has 0 amide bonds. The van der Waals surface area contributed by atoms with Gasteiger partial charge in [0.25, 0.3) is 0 Å². The van der Waals surface area contributed by atoms with Crippen molar-refractivity contribution in [1.82, 2.24) is 10.3 Å². The lowest BCUT2D eigenvalue weighted by Crippen LogP contribution is -2.16. The van der Waals surface area contributed by atoms with Crippen LogP contribution in [0.3, 0.4) is 0 Å². The number of hydrogen-bond acceptors (Lipinski definition) is 2. The Bertz CT molecular complexity index is 465. The minimum Gasteiger partial charge on any atom is -0.317 e. The average Bonchev–Trinajstić information content (AvgIpc) is 2.38. The topological polar surface area (TPSA) is 24.9 Å². The quantitative estimate of drug-likeness (QED) is 0.768. The van der Waals surface area contributed by atoms with E-state index >= 15 is 0 Å². The second-order valence-electron chi connectivity index (χ2n) is 4.39. The summed E-state index contributed by atoms with van der Waals surface area (Å²) in [5.41, 5.74) is 2.42. The van der Waals surface area contributed by atoms with Crippen LogP contribution < -0.4 is 5.32 Å². The molecule has 2 aromatic rings. The lowest BCUT2D eigenvalue weighted by Gasteiger charge is -2.04.